The number of halogens is 1. The van der Waals surface area contributed by atoms with Gasteiger partial charge >= 0.3 is 5.97 Å². The van der Waals surface area contributed by atoms with Gasteiger partial charge in [0.05, 0.1) is 22.9 Å². The first-order valence-corrected chi connectivity index (χ1v) is 11.0. The fraction of sp³-hybridized carbons (Fsp3) is 0.167. The van der Waals surface area contributed by atoms with E-state index in [0.29, 0.717) is 37.7 Å². The van der Waals surface area contributed by atoms with Gasteiger partial charge in [0.25, 0.3) is 0 Å². The fourth-order valence-electron chi connectivity index (χ4n) is 4.42. The first-order valence-electron chi connectivity index (χ1n) is 10.6. The molecule has 0 bridgehead atoms. The van der Waals surface area contributed by atoms with Gasteiger partial charge in [-0.15, -0.1) is 5.10 Å². The second-order valence-corrected chi connectivity index (χ2v) is 8.70. The maximum Gasteiger partial charge on any atom is 0.335 e. The summed E-state index contributed by atoms with van der Waals surface area (Å²) < 4.78 is 2.06. The van der Waals surface area contributed by atoms with Gasteiger partial charge in [0.2, 0.25) is 5.69 Å². The Hall–Kier alpha value is -4.15. The summed E-state index contributed by atoms with van der Waals surface area (Å²) >= 11 is 6.21. The van der Waals surface area contributed by atoms with Crippen LogP contribution in [0.3, 0.4) is 0 Å². The second kappa shape index (κ2) is 8.90. The number of nitrogens with zero attached hydrogens (tertiary/aromatic N) is 5. The van der Waals surface area contributed by atoms with Crippen molar-refractivity contribution >= 4 is 23.4 Å². The average molecular weight is 492 g/mol. The van der Waals surface area contributed by atoms with Crippen molar-refractivity contribution in [3.8, 4) is 16.8 Å². The first-order chi connectivity index (χ1) is 16.8. The van der Waals surface area contributed by atoms with Gasteiger partial charge in [0, 0.05) is 22.6 Å². The van der Waals surface area contributed by atoms with Crippen LogP contribution >= 0.6 is 11.6 Å². The molecule has 4 aromatic rings. The van der Waals surface area contributed by atoms with Crippen LogP contribution in [0.15, 0.2) is 61.1 Å². The summed E-state index contributed by atoms with van der Waals surface area (Å²) in [6.07, 6.45) is 1.86. The van der Waals surface area contributed by atoms with Crippen LogP contribution in [0.2, 0.25) is 5.02 Å². The van der Waals surface area contributed by atoms with E-state index < -0.39 is 18.0 Å². The number of fused-ring (bicyclic) bond motifs is 1. The number of carbonyl (C=O) groups excluding carboxylic acids is 1. The molecule has 176 valence electrons. The normalized spacial score (nSPS) is 16.7. The Morgan fingerprint density at radius 2 is 1.94 bits per heavy atom. The molecule has 11 heteroatoms. The van der Waals surface area contributed by atoms with Crippen LogP contribution in [0.1, 0.15) is 45.6 Å². The van der Waals surface area contributed by atoms with Crippen molar-refractivity contribution in [3.05, 3.63) is 93.7 Å². The van der Waals surface area contributed by atoms with Crippen LogP contribution in [-0.2, 0) is 11.2 Å². The third kappa shape index (κ3) is 4.25. The summed E-state index contributed by atoms with van der Waals surface area (Å²) in [6, 6.07) is 12.7. The maximum absolute atomic E-state index is 13.1. The summed E-state index contributed by atoms with van der Waals surface area (Å²) in [5.41, 5.74) is 2.99. The van der Waals surface area contributed by atoms with Crippen molar-refractivity contribution in [1.82, 2.24) is 20.2 Å². The minimum Gasteiger partial charge on any atom is -0.618 e. The van der Waals surface area contributed by atoms with E-state index in [4.69, 9.17) is 16.7 Å². The van der Waals surface area contributed by atoms with E-state index in [-0.39, 0.29) is 29.9 Å². The molecule has 1 aliphatic carbocycles. The molecule has 0 saturated heterocycles. The van der Waals surface area contributed by atoms with Crippen LogP contribution in [0.4, 0.5) is 0 Å². The number of pyridine rings is 1. The molecule has 10 nitrogen and oxygen atoms in total. The van der Waals surface area contributed by atoms with Gasteiger partial charge in [0.15, 0.2) is 12.0 Å². The van der Waals surface area contributed by atoms with Crippen molar-refractivity contribution in [1.29, 1.82) is 0 Å². The molecule has 0 spiro atoms. The number of tetrazole rings is 1. The lowest BCUT2D eigenvalue weighted by Crippen LogP contribution is -2.35. The number of hydrogen-bond acceptors (Lipinski definition) is 7. The third-order valence-corrected chi connectivity index (χ3v) is 6.32. The molecule has 1 aliphatic rings. The van der Waals surface area contributed by atoms with Crippen LogP contribution in [0.5, 0.6) is 0 Å². The van der Waals surface area contributed by atoms with Gasteiger partial charge < -0.3 is 15.4 Å². The number of aromatic nitrogens is 5. The number of benzene rings is 2. The quantitative estimate of drug-likeness (QED) is 0.309. The number of hydrogen-bond donors (Lipinski definition) is 2. The zero-order chi connectivity index (χ0) is 24.7. The van der Waals surface area contributed by atoms with E-state index in [0.717, 1.165) is 0 Å². The monoisotopic (exact) mass is 491 g/mol. The van der Waals surface area contributed by atoms with Crippen LogP contribution in [0, 0.1) is 5.21 Å². The number of rotatable bonds is 6. The number of ketones is 1. The van der Waals surface area contributed by atoms with E-state index in [1.807, 2.05) is 0 Å². The molecule has 0 fully saturated rings. The SMILES string of the molecule is O=C(O)c1ccc(CC(=O)C2CC(O)c3cc(-c4cc(Cl)ccc4-n4cnnn4)c[n+]([O-])c32)cc1. The molecule has 2 atom stereocenters. The molecule has 2 N–H and O–H groups in total. The summed E-state index contributed by atoms with van der Waals surface area (Å²) in [5, 5.41) is 44.5. The summed E-state index contributed by atoms with van der Waals surface area (Å²) in [6.45, 7) is 0. The lowest BCUT2D eigenvalue weighted by atomic mass is 9.94. The smallest absolute Gasteiger partial charge is 0.335 e. The molecule has 2 heterocycles. The standard InChI is InChI=1S/C24H18ClN5O5/c25-16-5-6-20(29-12-26-27-28-29)17(9-16)15-8-18-22(32)10-19(23(18)30(35)11-15)21(31)7-13-1-3-14(4-2-13)24(33)34/h1-6,8-9,11-12,19,22,32H,7,10H2,(H,33,34). The van der Waals surface area contributed by atoms with E-state index in [2.05, 4.69) is 15.5 Å². The predicted molar refractivity (Wildman–Crippen MR) is 123 cm³/mol. The Bertz CT molecular complexity index is 1440. The molecule has 2 aromatic heterocycles. The van der Waals surface area contributed by atoms with Gasteiger partial charge in [0.1, 0.15) is 12.2 Å². The minimum atomic E-state index is -1.05. The number of carboxylic acid groups (broad SMARTS) is 1. The highest BCUT2D eigenvalue weighted by molar-refractivity contribution is 6.31. The predicted octanol–water partition coefficient (Wildman–Crippen LogP) is 2.65. The molecule has 0 amide bonds. The van der Waals surface area contributed by atoms with Gasteiger partial charge in [-0.25, -0.2) is 4.79 Å². The lowest BCUT2D eigenvalue weighted by Gasteiger charge is -2.14. The average Bonchev–Trinajstić information content (AvgIpc) is 3.48. The molecule has 5 rings (SSSR count). The Labute approximate surface area is 203 Å². The van der Waals surface area contributed by atoms with Crippen LogP contribution in [0.25, 0.3) is 16.8 Å². The highest BCUT2D eigenvalue weighted by Gasteiger charge is 2.41. The third-order valence-electron chi connectivity index (χ3n) is 6.08. The first kappa shape index (κ1) is 22.6. The van der Waals surface area contributed by atoms with Crippen LogP contribution < -0.4 is 4.73 Å². The summed E-state index contributed by atoms with van der Waals surface area (Å²) in [4.78, 5) is 24.1. The molecule has 35 heavy (non-hydrogen) atoms. The van der Waals surface area contributed by atoms with Gasteiger partial charge in [-0.1, -0.05) is 23.7 Å². The fourth-order valence-corrected chi connectivity index (χ4v) is 4.59. The maximum atomic E-state index is 13.1. The molecule has 2 unspecified atom stereocenters. The molecular weight excluding hydrogens is 474 g/mol. The number of Topliss-reactive ketones (excluding diaryl/α,β-unsaturated/α-hetero) is 1. The van der Waals surface area contributed by atoms with Crippen molar-refractivity contribution < 1.29 is 24.5 Å². The Morgan fingerprint density at radius 1 is 1.17 bits per heavy atom. The van der Waals surface area contributed by atoms with Gasteiger partial charge in [-0.2, -0.15) is 9.41 Å². The zero-order valence-corrected chi connectivity index (χ0v) is 18.8. The van der Waals surface area contributed by atoms with Crippen molar-refractivity contribution in [2.24, 2.45) is 0 Å². The van der Waals surface area contributed by atoms with Crippen molar-refractivity contribution in [3.63, 3.8) is 0 Å². The Morgan fingerprint density at radius 3 is 2.63 bits per heavy atom. The van der Waals surface area contributed by atoms with E-state index in [9.17, 15) is 19.9 Å². The number of carboxylic acids is 1. The zero-order valence-electron chi connectivity index (χ0n) is 18.1. The number of carbonyl (C=O) groups is 2. The largest absolute Gasteiger partial charge is 0.618 e. The molecular formula is C24H18ClN5O5. The summed E-state index contributed by atoms with van der Waals surface area (Å²) in [5.74, 6) is -2.08. The lowest BCUT2D eigenvalue weighted by molar-refractivity contribution is -0.613. The van der Waals surface area contributed by atoms with E-state index in [1.165, 1.54) is 29.3 Å². The molecule has 0 saturated carbocycles. The summed E-state index contributed by atoms with van der Waals surface area (Å²) in [7, 11) is 0. The topological polar surface area (TPSA) is 145 Å². The number of aromatic carboxylic acids is 1. The Balaban J connectivity index is 1.49. The molecule has 2 aromatic carbocycles. The van der Waals surface area contributed by atoms with Crippen molar-refractivity contribution in [2.45, 2.75) is 24.9 Å². The minimum absolute atomic E-state index is 0.0101. The second-order valence-electron chi connectivity index (χ2n) is 8.26. The molecule has 0 radical (unpaired) electrons. The Kier molecular flexibility index (Phi) is 5.75. The van der Waals surface area contributed by atoms with Crippen molar-refractivity contribution in [2.75, 3.05) is 0 Å². The van der Waals surface area contributed by atoms with Gasteiger partial charge in [-0.3, -0.25) is 4.79 Å². The van der Waals surface area contributed by atoms with Crippen LogP contribution in [-0.4, -0.2) is 42.2 Å². The number of aliphatic hydroxyl groups excluding tert-OH is 1. The van der Waals surface area contributed by atoms with E-state index in [1.54, 1.807) is 36.4 Å². The van der Waals surface area contributed by atoms with E-state index >= 15 is 0 Å². The molecule has 0 aliphatic heterocycles. The number of aliphatic hydroxyl groups is 1. The highest BCUT2D eigenvalue weighted by Crippen LogP contribution is 2.41. The van der Waals surface area contributed by atoms with Gasteiger partial charge in [-0.05, 0) is 58.8 Å². The highest BCUT2D eigenvalue weighted by atomic mass is 35.5.